The first-order valence-electron chi connectivity index (χ1n) is 7.25. The Hall–Kier alpha value is -1.82. The summed E-state index contributed by atoms with van der Waals surface area (Å²) >= 11 is 5.85. The highest BCUT2D eigenvalue weighted by Gasteiger charge is 2.14. The molecule has 23 heavy (non-hydrogen) atoms. The lowest BCUT2D eigenvalue weighted by atomic mass is 10.1. The molecule has 0 unspecified atom stereocenters. The van der Waals surface area contributed by atoms with Gasteiger partial charge in [-0.3, -0.25) is 0 Å². The molecule has 1 N–H and O–H groups in total. The summed E-state index contributed by atoms with van der Waals surface area (Å²) in [7, 11) is -1.55. The summed E-state index contributed by atoms with van der Waals surface area (Å²) in [5, 5.41) is 1.55. The molecule has 0 bridgehead atoms. The van der Waals surface area contributed by atoms with Crippen LogP contribution in [-0.2, 0) is 23.5 Å². The zero-order chi connectivity index (χ0) is 16.4. The molecule has 2 aromatic carbocycles. The van der Waals surface area contributed by atoms with Crippen molar-refractivity contribution in [2.24, 2.45) is 7.05 Å². The fourth-order valence-corrected chi connectivity index (χ4v) is 3.99. The third-order valence-corrected chi connectivity index (χ3v) is 5.47. The van der Waals surface area contributed by atoms with Gasteiger partial charge in [-0.2, -0.15) is 0 Å². The molecule has 3 aromatic rings. The number of halogens is 1. The second-order valence-electron chi connectivity index (χ2n) is 5.39. The third-order valence-electron chi connectivity index (χ3n) is 3.77. The van der Waals surface area contributed by atoms with E-state index >= 15 is 0 Å². The summed E-state index contributed by atoms with van der Waals surface area (Å²) in [5.74, 6) is 0. The first kappa shape index (κ1) is 16.1. The van der Waals surface area contributed by atoms with E-state index in [2.05, 4.69) is 21.4 Å². The van der Waals surface area contributed by atoms with Crippen molar-refractivity contribution in [1.82, 2.24) is 9.29 Å². The number of para-hydroxylation sites is 1. The molecule has 0 radical (unpaired) electrons. The monoisotopic (exact) mass is 348 g/mol. The summed E-state index contributed by atoms with van der Waals surface area (Å²) in [4.78, 5) is 0.183. The molecule has 120 valence electrons. The van der Waals surface area contributed by atoms with Gasteiger partial charge in [0.05, 0.1) is 4.90 Å². The number of benzene rings is 2. The van der Waals surface area contributed by atoms with Crippen LogP contribution in [0.1, 0.15) is 5.56 Å². The maximum Gasteiger partial charge on any atom is 0.240 e. The van der Waals surface area contributed by atoms with Crippen molar-refractivity contribution in [3.63, 3.8) is 0 Å². The van der Waals surface area contributed by atoms with Gasteiger partial charge < -0.3 is 4.57 Å². The van der Waals surface area contributed by atoms with E-state index in [0.717, 1.165) is 16.5 Å². The number of nitrogens with zero attached hydrogens (tertiary/aromatic N) is 1. The van der Waals surface area contributed by atoms with Gasteiger partial charge in [-0.15, -0.1) is 0 Å². The van der Waals surface area contributed by atoms with Crippen molar-refractivity contribution in [3.8, 4) is 0 Å². The Morgan fingerprint density at radius 3 is 2.70 bits per heavy atom. The molecule has 0 aliphatic heterocycles. The van der Waals surface area contributed by atoms with E-state index in [4.69, 9.17) is 11.6 Å². The molecule has 0 atom stereocenters. The van der Waals surface area contributed by atoms with E-state index < -0.39 is 10.0 Å². The van der Waals surface area contributed by atoms with Crippen LogP contribution in [0.5, 0.6) is 0 Å². The summed E-state index contributed by atoms with van der Waals surface area (Å²) in [6.07, 6.45) is 2.67. The van der Waals surface area contributed by atoms with Crippen LogP contribution in [0, 0.1) is 0 Å². The predicted octanol–water partition coefficient (Wildman–Crippen LogP) is 3.35. The summed E-state index contributed by atoms with van der Waals surface area (Å²) < 4.78 is 29.2. The van der Waals surface area contributed by atoms with Gasteiger partial charge in [-0.1, -0.05) is 35.9 Å². The molecule has 0 saturated carbocycles. The molecule has 0 fully saturated rings. The largest absolute Gasteiger partial charge is 0.350 e. The van der Waals surface area contributed by atoms with Crippen LogP contribution in [0.25, 0.3) is 10.9 Å². The Morgan fingerprint density at radius 1 is 1.13 bits per heavy atom. The first-order valence-corrected chi connectivity index (χ1v) is 9.12. The second kappa shape index (κ2) is 6.35. The molecule has 6 heteroatoms. The number of hydrogen-bond acceptors (Lipinski definition) is 2. The number of rotatable bonds is 5. The highest BCUT2D eigenvalue weighted by molar-refractivity contribution is 7.89. The summed E-state index contributed by atoms with van der Waals surface area (Å²) in [6.45, 7) is 0.336. The van der Waals surface area contributed by atoms with Crippen LogP contribution in [0.4, 0.5) is 0 Å². The second-order valence-corrected chi connectivity index (χ2v) is 7.59. The van der Waals surface area contributed by atoms with E-state index in [1.807, 2.05) is 25.4 Å². The van der Waals surface area contributed by atoms with E-state index in [1.54, 1.807) is 12.1 Å². The molecule has 0 amide bonds. The van der Waals surface area contributed by atoms with Crippen molar-refractivity contribution < 1.29 is 8.42 Å². The molecule has 0 saturated heterocycles. The van der Waals surface area contributed by atoms with Crippen LogP contribution in [0.2, 0.25) is 5.02 Å². The molecule has 4 nitrogen and oxygen atoms in total. The molecule has 0 aliphatic rings. The van der Waals surface area contributed by atoms with Crippen molar-refractivity contribution >= 4 is 32.5 Å². The van der Waals surface area contributed by atoms with Crippen molar-refractivity contribution in [3.05, 3.63) is 65.3 Å². The van der Waals surface area contributed by atoms with Gasteiger partial charge in [0.15, 0.2) is 0 Å². The minimum atomic E-state index is -3.54. The van der Waals surface area contributed by atoms with Crippen molar-refractivity contribution in [1.29, 1.82) is 0 Å². The minimum Gasteiger partial charge on any atom is -0.350 e. The SMILES string of the molecule is Cn1cc(CCNS(=O)(=O)c2cccc(Cl)c2)c2ccccc21. The van der Waals surface area contributed by atoms with Crippen LogP contribution in [-0.4, -0.2) is 19.5 Å². The highest BCUT2D eigenvalue weighted by Crippen LogP contribution is 2.21. The fraction of sp³-hybridized carbons (Fsp3) is 0.176. The van der Waals surface area contributed by atoms with E-state index in [9.17, 15) is 8.42 Å². The minimum absolute atomic E-state index is 0.183. The van der Waals surface area contributed by atoms with Gasteiger partial charge in [-0.25, -0.2) is 13.1 Å². The number of aryl methyl sites for hydroxylation is 1. The third kappa shape index (κ3) is 3.42. The number of hydrogen-bond donors (Lipinski definition) is 1. The Balaban J connectivity index is 1.74. The maximum absolute atomic E-state index is 12.3. The predicted molar refractivity (Wildman–Crippen MR) is 93.3 cm³/mol. The lowest BCUT2D eigenvalue weighted by molar-refractivity contribution is 0.581. The maximum atomic E-state index is 12.3. The molecular formula is C17H17ClN2O2S. The van der Waals surface area contributed by atoms with Crippen LogP contribution >= 0.6 is 11.6 Å². The smallest absolute Gasteiger partial charge is 0.240 e. The number of fused-ring (bicyclic) bond motifs is 1. The average molecular weight is 349 g/mol. The lowest BCUT2D eigenvalue weighted by Gasteiger charge is -2.06. The highest BCUT2D eigenvalue weighted by atomic mass is 35.5. The molecule has 0 spiro atoms. The Bertz CT molecular complexity index is 948. The summed E-state index contributed by atoms with van der Waals surface area (Å²) in [5.41, 5.74) is 2.26. The Morgan fingerprint density at radius 2 is 1.91 bits per heavy atom. The van der Waals surface area contributed by atoms with E-state index in [-0.39, 0.29) is 4.90 Å². The Kier molecular flexibility index (Phi) is 4.43. The van der Waals surface area contributed by atoms with Gasteiger partial charge >= 0.3 is 0 Å². The fourth-order valence-electron chi connectivity index (χ4n) is 2.66. The van der Waals surface area contributed by atoms with Crippen LogP contribution < -0.4 is 4.72 Å². The van der Waals surface area contributed by atoms with Gasteiger partial charge in [0.25, 0.3) is 0 Å². The summed E-state index contributed by atoms with van der Waals surface area (Å²) in [6, 6.07) is 14.3. The number of nitrogens with one attached hydrogen (secondary N) is 1. The van der Waals surface area contributed by atoms with Crippen LogP contribution in [0.3, 0.4) is 0 Å². The lowest BCUT2D eigenvalue weighted by Crippen LogP contribution is -2.25. The van der Waals surface area contributed by atoms with E-state index in [0.29, 0.717) is 18.0 Å². The molecule has 3 rings (SSSR count). The van der Waals surface area contributed by atoms with Gasteiger partial charge in [0, 0.05) is 35.7 Å². The molecule has 1 aromatic heterocycles. The van der Waals surface area contributed by atoms with Crippen molar-refractivity contribution in [2.45, 2.75) is 11.3 Å². The number of aromatic nitrogens is 1. The van der Waals surface area contributed by atoms with Crippen molar-refractivity contribution in [2.75, 3.05) is 6.54 Å². The molecular weight excluding hydrogens is 332 g/mol. The molecule has 0 aliphatic carbocycles. The first-order chi connectivity index (χ1) is 11.0. The van der Waals surface area contributed by atoms with Gasteiger partial charge in [-0.05, 0) is 36.2 Å². The zero-order valence-corrected chi connectivity index (χ0v) is 14.2. The normalized spacial score (nSPS) is 11.9. The van der Waals surface area contributed by atoms with Gasteiger partial charge in [0.2, 0.25) is 10.0 Å². The average Bonchev–Trinajstić information content (AvgIpc) is 2.84. The Labute approximate surface area is 140 Å². The van der Waals surface area contributed by atoms with Crippen LogP contribution in [0.15, 0.2) is 59.6 Å². The molecule has 1 heterocycles. The quantitative estimate of drug-likeness (QED) is 0.768. The standard InChI is InChI=1S/C17H17ClN2O2S/c1-20-12-13(16-7-2-3-8-17(16)20)9-10-19-23(21,22)15-6-4-5-14(18)11-15/h2-8,11-12,19H,9-10H2,1H3. The zero-order valence-electron chi connectivity index (χ0n) is 12.7. The van der Waals surface area contributed by atoms with Gasteiger partial charge in [0.1, 0.15) is 0 Å². The van der Waals surface area contributed by atoms with E-state index in [1.165, 1.54) is 12.1 Å². The topological polar surface area (TPSA) is 51.1 Å². The number of sulfonamides is 1.